The molecule has 1 amide bonds. The van der Waals surface area contributed by atoms with Gasteiger partial charge in [0.2, 0.25) is 0 Å². The first-order valence-corrected chi connectivity index (χ1v) is 5.56. The summed E-state index contributed by atoms with van der Waals surface area (Å²) in [6, 6.07) is 0.0139. The molecule has 90 valence electrons. The largest absolute Gasteiger partial charge is 0.444 e. The second kappa shape index (κ2) is 4.71. The fourth-order valence-corrected chi connectivity index (χ4v) is 1.73. The second-order valence-electron chi connectivity index (χ2n) is 5.18. The Morgan fingerprint density at radius 2 is 2.12 bits per heavy atom. The third kappa shape index (κ3) is 3.38. The van der Waals surface area contributed by atoms with E-state index in [-0.39, 0.29) is 12.1 Å². The first-order valence-electron chi connectivity index (χ1n) is 5.56. The van der Waals surface area contributed by atoms with Crippen molar-refractivity contribution in [1.82, 2.24) is 4.90 Å². The molecule has 0 saturated carbocycles. The molecule has 4 heteroatoms. The molecule has 1 rings (SSSR count). The lowest BCUT2D eigenvalue weighted by Gasteiger charge is -2.35. The predicted molar refractivity (Wildman–Crippen MR) is 60.8 cm³/mol. The predicted octanol–water partition coefficient (Wildman–Crippen LogP) is 2.16. The first kappa shape index (κ1) is 12.8. The number of nitrogens with zero attached hydrogens (tertiary/aromatic N) is 1. The van der Waals surface area contributed by atoms with Crippen molar-refractivity contribution in [2.75, 3.05) is 6.54 Å². The molecule has 0 unspecified atom stereocenters. The fourth-order valence-electron chi connectivity index (χ4n) is 1.73. The van der Waals surface area contributed by atoms with Crippen LogP contribution in [0.5, 0.6) is 0 Å². The number of amides is 1. The second-order valence-corrected chi connectivity index (χ2v) is 5.18. The van der Waals surface area contributed by atoms with Crippen LogP contribution in [0.2, 0.25) is 0 Å². The number of ether oxygens (including phenoxy) is 1. The van der Waals surface area contributed by atoms with Crippen molar-refractivity contribution in [2.24, 2.45) is 0 Å². The molecule has 0 aliphatic carbocycles. The Hall–Kier alpha value is -1.28. The summed E-state index contributed by atoms with van der Waals surface area (Å²) in [6.07, 6.45) is 0.903. The van der Waals surface area contributed by atoms with E-state index in [1.54, 1.807) is 4.90 Å². The van der Waals surface area contributed by atoms with Gasteiger partial charge in [0.15, 0.2) is 0 Å². The van der Waals surface area contributed by atoms with Gasteiger partial charge in [-0.3, -0.25) is 0 Å². The number of hydrogen-bond acceptors (Lipinski definition) is 3. The van der Waals surface area contributed by atoms with Crippen LogP contribution >= 0.6 is 0 Å². The molecule has 1 atom stereocenters. The van der Waals surface area contributed by atoms with E-state index in [0.29, 0.717) is 19.4 Å². The maximum atomic E-state index is 11.8. The van der Waals surface area contributed by atoms with Gasteiger partial charge in [-0.05, 0) is 40.5 Å². The third-order valence-electron chi connectivity index (χ3n) is 2.50. The van der Waals surface area contributed by atoms with Crippen molar-refractivity contribution in [2.45, 2.75) is 52.2 Å². The van der Waals surface area contributed by atoms with Crippen molar-refractivity contribution in [3.63, 3.8) is 0 Å². The number of likely N-dealkylation sites (tertiary alicyclic amines) is 1. The minimum Gasteiger partial charge on any atom is -0.444 e. The maximum absolute atomic E-state index is 11.8. The molecule has 0 aromatic carbocycles. The van der Waals surface area contributed by atoms with Gasteiger partial charge in [0.1, 0.15) is 11.5 Å². The normalized spacial score (nSPS) is 21.6. The zero-order chi connectivity index (χ0) is 12.3. The highest BCUT2D eigenvalue weighted by molar-refractivity contribution is 5.69. The molecule has 1 aliphatic rings. The summed E-state index contributed by atoms with van der Waals surface area (Å²) >= 11 is 0. The van der Waals surface area contributed by atoms with E-state index in [9.17, 15) is 9.59 Å². The Morgan fingerprint density at radius 3 is 2.56 bits per heavy atom. The maximum Gasteiger partial charge on any atom is 0.410 e. The van der Waals surface area contributed by atoms with E-state index in [0.717, 1.165) is 5.57 Å². The summed E-state index contributed by atoms with van der Waals surface area (Å²) in [4.78, 5) is 24.0. The van der Waals surface area contributed by atoms with Crippen LogP contribution in [-0.4, -0.2) is 35.1 Å². The molecule has 4 nitrogen and oxygen atoms in total. The van der Waals surface area contributed by atoms with Gasteiger partial charge >= 0.3 is 6.09 Å². The molecule has 1 heterocycles. The van der Waals surface area contributed by atoms with Crippen molar-refractivity contribution in [1.29, 1.82) is 0 Å². The van der Waals surface area contributed by atoms with Crippen LogP contribution in [0.4, 0.5) is 4.79 Å². The molecule has 1 fully saturated rings. The molecule has 1 aliphatic heterocycles. The van der Waals surface area contributed by atoms with Crippen LogP contribution in [0.1, 0.15) is 40.5 Å². The van der Waals surface area contributed by atoms with E-state index in [2.05, 4.69) is 0 Å². The third-order valence-corrected chi connectivity index (χ3v) is 2.50. The first-order chi connectivity index (χ1) is 7.33. The van der Waals surface area contributed by atoms with Crippen LogP contribution in [0.15, 0.2) is 5.57 Å². The molecule has 0 N–H and O–H groups in total. The van der Waals surface area contributed by atoms with Gasteiger partial charge in [-0.2, -0.15) is 0 Å². The van der Waals surface area contributed by atoms with Crippen molar-refractivity contribution >= 4 is 12.0 Å². The SMILES string of the molecule is C[C@H]1CC(=C=O)CCN1C(=O)OC(C)(C)C. The van der Waals surface area contributed by atoms with E-state index >= 15 is 0 Å². The van der Waals surface area contributed by atoms with Crippen molar-refractivity contribution in [3.05, 3.63) is 5.57 Å². The van der Waals surface area contributed by atoms with E-state index in [1.165, 1.54) is 0 Å². The molecule has 0 aromatic rings. The van der Waals surface area contributed by atoms with Crippen LogP contribution < -0.4 is 0 Å². The van der Waals surface area contributed by atoms with E-state index < -0.39 is 5.60 Å². The van der Waals surface area contributed by atoms with Crippen LogP contribution in [0.25, 0.3) is 0 Å². The lowest BCUT2D eigenvalue weighted by Crippen LogP contribution is -2.45. The average Bonchev–Trinajstić information content (AvgIpc) is 2.14. The minimum absolute atomic E-state index is 0.0139. The topological polar surface area (TPSA) is 46.6 Å². The quantitative estimate of drug-likeness (QED) is 0.593. The van der Waals surface area contributed by atoms with Gasteiger partial charge < -0.3 is 9.64 Å². The van der Waals surface area contributed by atoms with E-state index in [4.69, 9.17) is 4.74 Å². The minimum atomic E-state index is -0.475. The number of piperidine rings is 1. The molecular formula is C12H19NO3. The summed E-state index contributed by atoms with van der Waals surface area (Å²) in [6.45, 7) is 7.99. The van der Waals surface area contributed by atoms with Crippen molar-refractivity contribution < 1.29 is 14.3 Å². The Balaban J connectivity index is 2.62. The van der Waals surface area contributed by atoms with Gasteiger partial charge in [-0.15, -0.1) is 0 Å². The number of hydrogen-bond donors (Lipinski definition) is 0. The van der Waals surface area contributed by atoms with Crippen molar-refractivity contribution in [3.8, 4) is 0 Å². The molecule has 1 saturated heterocycles. The zero-order valence-corrected chi connectivity index (χ0v) is 10.4. The van der Waals surface area contributed by atoms with Crippen LogP contribution in [0.3, 0.4) is 0 Å². The monoisotopic (exact) mass is 225 g/mol. The molecule has 0 radical (unpaired) electrons. The highest BCUT2D eigenvalue weighted by Crippen LogP contribution is 2.22. The molecule has 0 bridgehead atoms. The van der Waals surface area contributed by atoms with Gasteiger partial charge in [-0.25, -0.2) is 9.59 Å². The standard InChI is InChI=1S/C12H19NO3/c1-9-7-10(8-14)5-6-13(9)11(15)16-12(2,3)4/h9H,5-7H2,1-4H3/t9-/m0/s1. The summed E-state index contributed by atoms with van der Waals surface area (Å²) in [7, 11) is 0. The Morgan fingerprint density at radius 1 is 1.50 bits per heavy atom. The number of rotatable bonds is 0. The van der Waals surface area contributed by atoms with Gasteiger partial charge in [0.05, 0.1) is 0 Å². The summed E-state index contributed by atoms with van der Waals surface area (Å²) in [5.41, 5.74) is 0.282. The summed E-state index contributed by atoms with van der Waals surface area (Å²) < 4.78 is 5.30. The summed E-state index contributed by atoms with van der Waals surface area (Å²) in [5, 5.41) is 0. The summed E-state index contributed by atoms with van der Waals surface area (Å²) in [5.74, 6) is 1.93. The Kier molecular flexibility index (Phi) is 3.76. The lowest BCUT2D eigenvalue weighted by atomic mass is 10.00. The fraction of sp³-hybridized carbons (Fsp3) is 0.750. The lowest BCUT2D eigenvalue weighted by molar-refractivity contribution is 0.0153. The molecular weight excluding hydrogens is 206 g/mol. The highest BCUT2D eigenvalue weighted by atomic mass is 16.6. The highest BCUT2D eigenvalue weighted by Gasteiger charge is 2.29. The number of carbonyl (C=O) groups is 1. The Labute approximate surface area is 96.3 Å². The van der Waals surface area contributed by atoms with E-state index in [1.807, 2.05) is 33.6 Å². The molecule has 0 aromatic heterocycles. The zero-order valence-electron chi connectivity index (χ0n) is 10.4. The van der Waals surface area contributed by atoms with Crippen LogP contribution in [-0.2, 0) is 9.53 Å². The molecule has 16 heavy (non-hydrogen) atoms. The molecule has 0 spiro atoms. The Bertz CT molecular complexity index is 324. The number of carbonyl (C=O) groups excluding carboxylic acids is 2. The van der Waals surface area contributed by atoms with Gasteiger partial charge in [0.25, 0.3) is 0 Å². The average molecular weight is 225 g/mol. The van der Waals surface area contributed by atoms with Gasteiger partial charge in [-0.1, -0.05) is 0 Å². The van der Waals surface area contributed by atoms with Crippen LogP contribution in [0, 0.1) is 0 Å². The van der Waals surface area contributed by atoms with Gasteiger partial charge in [0, 0.05) is 18.2 Å². The smallest absolute Gasteiger partial charge is 0.410 e.